The van der Waals surface area contributed by atoms with Crippen LogP contribution in [0.5, 0.6) is 0 Å². The Bertz CT molecular complexity index is 304. The van der Waals surface area contributed by atoms with Gasteiger partial charge in [0, 0.05) is 12.2 Å². The maximum atomic E-state index is 4.24. The highest BCUT2D eigenvalue weighted by Gasteiger charge is 2.09. The third-order valence-corrected chi connectivity index (χ3v) is 3.13. The first-order chi connectivity index (χ1) is 7.77. The predicted molar refractivity (Wildman–Crippen MR) is 71.6 cm³/mol. The minimum atomic E-state index is 0.524. The second kappa shape index (κ2) is 7.60. The number of hydrogen-bond donors (Lipinski definition) is 1. The maximum absolute atomic E-state index is 4.24. The van der Waals surface area contributed by atoms with Gasteiger partial charge in [0.1, 0.15) is 12.1 Å². The lowest BCUT2D eigenvalue weighted by Crippen LogP contribution is -2.20. The fourth-order valence-corrected chi connectivity index (χ4v) is 2.03. The van der Waals surface area contributed by atoms with E-state index in [1.807, 2.05) is 0 Å². The molecule has 90 valence electrons. The smallest absolute Gasteiger partial charge is 0.143 e. The lowest BCUT2D eigenvalue weighted by Gasteiger charge is -2.18. The standard InChI is InChI=1S/C12H20BrN3/c1-3-5-7-10(6-4-2)16-12-11(13)8-14-9-15-12/h8-10H,3-7H2,1-2H3,(H,14,15,16). The molecule has 0 aliphatic heterocycles. The topological polar surface area (TPSA) is 37.8 Å². The summed E-state index contributed by atoms with van der Waals surface area (Å²) in [5.41, 5.74) is 0. The molecule has 1 aromatic heterocycles. The highest BCUT2D eigenvalue weighted by Crippen LogP contribution is 2.20. The minimum Gasteiger partial charge on any atom is -0.366 e. The molecule has 0 fully saturated rings. The number of unbranched alkanes of at least 4 members (excludes halogenated alkanes) is 1. The van der Waals surface area contributed by atoms with Gasteiger partial charge in [-0.3, -0.25) is 0 Å². The van der Waals surface area contributed by atoms with Gasteiger partial charge in [0.2, 0.25) is 0 Å². The quantitative estimate of drug-likeness (QED) is 0.823. The summed E-state index contributed by atoms with van der Waals surface area (Å²) >= 11 is 3.46. The van der Waals surface area contributed by atoms with Crippen LogP contribution in [-0.2, 0) is 0 Å². The number of halogens is 1. The van der Waals surface area contributed by atoms with Crippen LogP contribution in [0, 0.1) is 0 Å². The molecule has 0 spiro atoms. The molecule has 0 amide bonds. The van der Waals surface area contributed by atoms with E-state index < -0.39 is 0 Å². The van der Waals surface area contributed by atoms with Crippen LogP contribution in [0.15, 0.2) is 17.0 Å². The molecule has 4 heteroatoms. The van der Waals surface area contributed by atoms with Crippen molar-refractivity contribution in [3.8, 4) is 0 Å². The molecular formula is C12H20BrN3. The van der Waals surface area contributed by atoms with Crippen LogP contribution >= 0.6 is 15.9 Å². The first kappa shape index (κ1) is 13.4. The lowest BCUT2D eigenvalue weighted by atomic mass is 10.1. The molecule has 0 saturated carbocycles. The van der Waals surface area contributed by atoms with Crippen LogP contribution in [-0.4, -0.2) is 16.0 Å². The molecule has 1 aromatic rings. The van der Waals surface area contributed by atoms with Crippen LogP contribution in [0.1, 0.15) is 46.0 Å². The molecule has 16 heavy (non-hydrogen) atoms. The van der Waals surface area contributed by atoms with E-state index in [1.165, 1.54) is 32.1 Å². The van der Waals surface area contributed by atoms with Crippen LogP contribution in [0.3, 0.4) is 0 Å². The Balaban J connectivity index is 2.56. The average molecular weight is 286 g/mol. The molecule has 1 unspecified atom stereocenters. The van der Waals surface area contributed by atoms with Crippen molar-refractivity contribution in [2.24, 2.45) is 0 Å². The molecular weight excluding hydrogens is 266 g/mol. The van der Waals surface area contributed by atoms with Crippen LogP contribution in [0.2, 0.25) is 0 Å². The molecule has 0 bridgehead atoms. The molecule has 3 nitrogen and oxygen atoms in total. The van der Waals surface area contributed by atoms with Gasteiger partial charge in [0.15, 0.2) is 0 Å². The molecule has 1 rings (SSSR count). The first-order valence-electron chi connectivity index (χ1n) is 6.00. The highest BCUT2D eigenvalue weighted by atomic mass is 79.9. The molecule has 0 aliphatic rings. The van der Waals surface area contributed by atoms with Gasteiger partial charge in [-0.25, -0.2) is 9.97 Å². The van der Waals surface area contributed by atoms with Crippen molar-refractivity contribution in [3.05, 3.63) is 17.0 Å². The summed E-state index contributed by atoms with van der Waals surface area (Å²) in [5, 5.41) is 3.49. The highest BCUT2D eigenvalue weighted by molar-refractivity contribution is 9.10. The first-order valence-corrected chi connectivity index (χ1v) is 6.79. The van der Waals surface area contributed by atoms with Gasteiger partial charge in [-0.15, -0.1) is 0 Å². The molecule has 0 saturated heterocycles. The summed E-state index contributed by atoms with van der Waals surface area (Å²) < 4.78 is 0.938. The number of aromatic nitrogens is 2. The van der Waals surface area contributed by atoms with Crippen LogP contribution in [0.25, 0.3) is 0 Å². The molecule has 1 N–H and O–H groups in total. The Morgan fingerprint density at radius 1 is 1.31 bits per heavy atom. The number of hydrogen-bond acceptors (Lipinski definition) is 3. The Morgan fingerprint density at radius 3 is 2.75 bits per heavy atom. The maximum Gasteiger partial charge on any atom is 0.143 e. The zero-order valence-corrected chi connectivity index (χ0v) is 11.6. The summed E-state index contributed by atoms with van der Waals surface area (Å²) in [4.78, 5) is 8.20. The summed E-state index contributed by atoms with van der Waals surface area (Å²) in [6.07, 6.45) is 9.46. The third-order valence-electron chi connectivity index (χ3n) is 2.55. The van der Waals surface area contributed by atoms with Crippen molar-refractivity contribution in [1.82, 2.24) is 9.97 Å². The summed E-state index contributed by atoms with van der Waals surface area (Å²) in [5.74, 6) is 0.907. The van der Waals surface area contributed by atoms with E-state index in [-0.39, 0.29) is 0 Å². The van der Waals surface area contributed by atoms with E-state index >= 15 is 0 Å². The lowest BCUT2D eigenvalue weighted by molar-refractivity contribution is 0.562. The van der Waals surface area contributed by atoms with Gasteiger partial charge >= 0.3 is 0 Å². The fourth-order valence-electron chi connectivity index (χ4n) is 1.70. The third kappa shape index (κ3) is 4.47. The van der Waals surface area contributed by atoms with E-state index in [0.717, 1.165) is 10.3 Å². The van der Waals surface area contributed by atoms with Gasteiger partial charge in [-0.1, -0.05) is 33.1 Å². The van der Waals surface area contributed by atoms with Gasteiger partial charge in [0.05, 0.1) is 4.47 Å². The molecule has 1 heterocycles. The van der Waals surface area contributed by atoms with Gasteiger partial charge in [0.25, 0.3) is 0 Å². The van der Waals surface area contributed by atoms with E-state index in [0.29, 0.717) is 6.04 Å². The van der Waals surface area contributed by atoms with E-state index in [9.17, 15) is 0 Å². The Kier molecular flexibility index (Phi) is 6.38. The van der Waals surface area contributed by atoms with Crippen molar-refractivity contribution >= 4 is 21.7 Å². The van der Waals surface area contributed by atoms with E-state index in [4.69, 9.17) is 0 Å². The number of nitrogens with zero attached hydrogens (tertiary/aromatic N) is 2. The fraction of sp³-hybridized carbons (Fsp3) is 0.667. The van der Waals surface area contributed by atoms with Gasteiger partial charge in [-0.05, 0) is 28.8 Å². The van der Waals surface area contributed by atoms with Crippen molar-refractivity contribution in [3.63, 3.8) is 0 Å². The number of anilines is 1. The molecule has 0 aromatic carbocycles. The Labute approximate surface area is 106 Å². The second-order valence-corrected chi connectivity index (χ2v) is 4.85. The summed E-state index contributed by atoms with van der Waals surface area (Å²) in [6, 6.07) is 0.524. The Morgan fingerprint density at radius 2 is 2.12 bits per heavy atom. The van der Waals surface area contributed by atoms with Gasteiger partial charge in [-0.2, -0.15) is 0 Å². The van der Waals surface area contributed by atoms with E-state index in [1.54, 1.807) is 12.5 Å². The zero-order chi connectivity index (χ0) is 11.8. The second-order valence-electron chi connectivity index (χ2n) is 3.99. The van der Waals surface area contributed by atoms with E-state index in [2.05, 4.69) is 45.1 Å². The summed E-state index contributed by atoms with van der Waals surface area (Å²) in [6.45, 7) is 4.44. The van der Waals surface area contributed by atoms with Crippen molar-refractivity contribution < 1.29 is 0 Å². The van der Waals surface area contributed by atoms with Gasteiger partial charge < -0.3 is 5.32 Å². The molecule has 0 radical (unpaired) electrons. The zero-order valence-electron chi connectivity index (χ0n) is 10.0. The predicted octanol–water partition coefficient (Wildman–Crippen LogP) is 4.01. The summed E-state index contributed by atoms with van der Waals surface area (Å²) in [7, 11) is 0. The number of rotatable bonds is 7. The molecule has 1 atom stereocenters. The normalized spacial score (nSPS) is 12.4. The molecule has 0 aliphatic carbocycles. The van der Waals surface area contributed by atoms with Crippen molar-refractivity contribution in [2.45, 2.75) is 52.0 Å². The van der Waals surface area contributed by atoms with Crippen molar-refractivity contribution in [1.29, 1.82) is 0 Å². The largest absolute Gasteiger partial charge is 0.366 e. The minimum absolute atomic E-state index is 0.524. The monoisotopic (exact) mass is 285 g/mol. The van der Waals surface area contributed by atoms with Crippen LogP contribution < -0.4 is 5.32 Å². The Hall–Kier alpha value is -0.640. The average Bonchev–Trinajstić information content (AvgIpc) is 2.29. The SMILES string of the molecule is CCCCC(CCC)Nc1ncncc1Br. The number of nitrogens with one attached hydrogen (secondary N) is 1. The van der Waals surface area contributed by atoms with Crippen LogP contribution in [0.4, 0.5) is 5.82 Å². The van der Waals surface area contributed by atoms with Crippen molar-refractivity contribution in [2.75, 3.05) is 5.32 Å².